The van der Waals surface area contributed by atoms with Gasteiger partial charge in [-0.05, 0) is 42.7 Å². The highest BCUT2D eigenvalue weighted by atomic mass is 35.5. The summed E-state index contributed by atoms with van der Waals surface area (Å²) in [5, 5.41) is 13.4. The number of nitro groups is 1. The number of anilines is 2. The fraction of sp³-hybridized carbons (Fsp3) is 0.350. The zero-order valence-electron chi connectivity index (χ0n) is 15.4. The summed E-state index contributed by atoms with van der Waals surface area (Å²) in [5.41, 5.74) is 2.79. The normalized spacial score (nSPS) is 10.5. The Morgan fingerprint density at radius 3 is 2.14 bits per heavy atom. The number of non-ortho nitro benzene ring substituents is 1. The number of amides is 1. The Morgan fingerprint density at radius 2 is 1.61 bits per heavy atom. The summed E-state index contributed by atoms with van der Waals surface area (Å²) in [4.78, 5) is 24.3. The summed E-state index contributed by atoms with van der Waals surface area (Å²) >= 11 is 11.7. The number of aryl methyl sites for hydroxylation is 1. The van der Waals surface area contributed by atoms with E-state index in [1.165, 1.54) is 24.3 Å². The van der Waals surface area contributed by atoms with E-state index in [0.29, 0.717) is 30.3 Å². The van der Waals surface area contributed by atoms with Crippen molar-refractivity contribution in [1.29, 1.82) is 0 Å². The molecule has 2 aromatic carbocycles. The molecule has 150 valence electrons. The van der Waals surface area contributed by atoms with Crippen molar-refractivity contribution < 1.29 is 9.72 Å². The highest BCUT2D eigenvalue weighted by Gasteiger charge is 2.08. The molecule has 2 aromatic rings. The number of hydrogen-bond acceptors (Lipinski definition) is 4. The predicted octanol–water partition coefficient (Wildman–Crippen LogP) is 4.84. The molecule has 1 amide bonds. The van der Waals surface area contributed by atoms with Crippen molar-refractivity contribution in [1.82, 2.24) is 0 Å². The van der Waals surface area contributed by atoms with Crippen LogP contribution in [0.2, 0.25) is 0 Å². The molecule has 0 aliphatic carbocycles. The number of nitrogens with zero attached hydrogens (tertiary/aromatic N) is 2. The average Bonchev–Trinajstić information content (AvgIpc) is 2.69. The van der Waals surface area contributed by atoms with Gasteiger partial charge in [-0.1, -0.05) is 12.1 Å². The van der Waals surface area contributed by atoms with Gasteiger partial charge in [0.25, 0.3) is 5.69 Å². The van der Waals surface area contributed by atoms with E-state index in [2.05, 4.69) is 22.3 Å². The largest absolute Gasteiger partial charge is 0.369 e. The van der Waals surface area contributed by atoms with Crippen molar-refractivity contribution in [3.8, 4) is 0 Å². The summed E-state index contributed by atoms with van der Waals surface area (Å²) in [5.74, 6) is 0.978. The van der Waals surface area contributed by atoms with Crippen LogP contribution in [0.5, 0.6) is 0 Å². The van der Waals surface area contributed by atoms with Crippen LogP contribution in [0.1, 0.15) is 18.4 Å². The Bertz CT molecular complexity index is 761. The maximum Gasteiger partial charge on any atom is 0.269 e. The molecule has 6 nitrogen and oxygen atoms in total. The minimum Gasteiger partial charge on any atom is -0.369 e. The number of nitrogens with one attached hydrogen (secondary N) is 1. The Labute approximate surface area is 174 Å². The molecule has 2 rings (SSSR count). The second kappa shape index (κ2) is 11.5. The molecule has 28 heavy (non-hydrogen) atoms. The fourth-order valence-corrected chi connectivity index (χ4v) is 3.20. The predicted molar refractivity (Wildman–Crippen MR) is 115 cm³/mol. The Morgan fingerprint density at radius 1 is 1.00 bits per heavy atom. The van der Waals surface area contributed by atoms with E-state index in [1.807, 2.05) is 12.1 Å². The van der Waals surface area contributed by atoms with Gasteiger partial charge in [-0.25, -0.2) is 0 Å². The third kappa shape index (κ3) is 7.02. The van der Waals surface area contributed by atoms with E-state index in [1.54, 1.807) is 0 Å². The first-order valence-corrected chi connectivity index (χ1v) is 10.1. The molecule has 0 heterocycles. The van der Waals surface area contributed by atoms with Crippen molar-refractivity contribution in [2.75, 3.05) is 35.1 Å². The van der Waals surface area contributed by atoms with E-state index in [9.17, 15) is 14.9 Å². The van der Waals surface area contributed by atoms with Gasteiger partial charge in [0.15, 0.2) is 0 Å². The minimum absolute atomic E-state index is 0.00268. The molecule has 0 spiro atoms. The Balaban J connectivity index is 1.79. The summed E-state index contributed by atoms with van der Waals surface area (Å²) in [6, 6.07) is 14.0. The van der Waals surface area contributed by atoms with Gasteiger partial charge < -0.3 is 10.2 Å². The van der Waals surface area contributed by atoms with E-state index in [-0.39, 0.29) is 11.6 Å². The lowest BCUT2D eigenvalue weighted by molar-refractivity contribution is -0.384. The van der Waals surface area contributed by atoms with Gasteiger partial charge in [-0.2, -0.15) is 0 Å². The maximum absolute atomic E-state index is 12.0. The SMILES string of the molecule is O=C(CCCc1ccc(N(CCCl)CCCl)cc1)Nc1ccc([N+](=O)[O-])cc1. The first-order chi connectivity index (χ1) is 13.5. The molecule has 0 saturated heterocycles. The van der Waals surface area contributed by atoms with Crippen LogP contribution in [-0.4, -0.2) is 35.7 Å². The van der Waals surface area contributed by atoms with Gasteiger partial charge in [0.05, 0.1) is 4.92 Å². The van der Waals surface area contributed by atoms with Crippen LogP contribution in [0.15, 0.2) is 48.5 Å². The topological polar surface area (TPSA) is 75.5 Å². The molecule has 0 saturated carbocycles. The van der Waals surface area contributed by atoms with Gasteiger partial charge in [-0.3, -0.25) is 14.9 Å². The molecule has 0 aliphatic heterocycles. The number of nitro benzene ring substituents is 1. The number of benzene rings is 2. The van der Waals surface area contributed by atoms with Crippen LogP contribution in [0.3, 0.4) is 0 Å². The maximum atomic E-state index is 12.0. The molecular weight excluding hydrogens is 401 g/mol. The fourth-order valence-electron chi connectivity index (χ4n) is 2.79. The van der Waals surface area contributed by atoms with Crippen molar-refractivity contribution in [3.05, 3.63) is 64.2 Å². The van der Waals surface area contributed by atoms with E-state index < -0.39 is 4.92 Å². The zero-order valence-corrected chi connectivity index (χ0v) is 17.0. The summed E-state index contributed by atoms with van der Waals surface area (Å²) < 4.78 is 0. The van der Waals surface area contributed by atoms with Crippen LogP contribution in [-0.2, 0) is 11.2 Å². The van der Waals surface area contributed by atoms with Crippen LogP contribution >= 0.6 is 23.2 Å². The third-order valence-corrected chi connectivity index (χ3v) is 4.58. The summed E-state index contributed by atoms with van der Waals surface area (Å²) in [6.45, 7) is 1.49. The highest BCUT2D eigenvalue weighted by Crippen LogP contribution is 2.18. The third-order valence-electron chi connectivity index (χ3n) is 4.24. The summed E-state index contributed by atoms with van der Waals surface area (Å²) in [6.07, 6.45) is 1.88. The second-order valence-corrected chi connectivity index (χ2v) is 6.99. The van der Waals surface area contributed by atoms with Gasteiger partial charge >= 0.3 is 0 Å². The number of hydrogen-bond donors (Lipinski definition) is 1. The van der Waals surface area contributed by atoms with E-state index >= 15 is 0 Å². The van der Waals surface area contributed by atoms with Crippen LogP contribution < -0.4 is 10.2 Å². The van der Waals surface area contributed by atoms with Crippen molar-refractivity contribution >= 4 is 46.2 Å². The zero-order chi connectivity index (χ0) is 20.4. The molecule has 0 aromatic heterocycles. The standard InChI is InChI=1S/C20H23Cl2N3O3/c21-12-14-24(15-13-22)18-8-4-16(5-9-18)2-1-3-20(26)23-17-6-10-19(11-7-17)25(27)28/h4-11H,1-3,12-15H2,(H,23,26). The molecule has 8 heteroatoms. The molecule has 0 atom stereocenters. The minimum atomic E-state index is -0.471. The molecule has 0 fully saturated rings. The van der Waals surface area contributed by atoms with Crippen molar-refractivity contribution in [2.24, 2.45) is 0 Å². The van der Waals surface area contributed by atoms with Crippen LogP contribution in [0, 0.1) is 10.1 Å². The van der Waals surface area contributed by atoms with E-state index in [4.69, 9.17) is 23.2 Å². The van der Waals surface area contributed by atoms with Crippen molar-refractivity contribution in [2.45, 2.75) is 19.3 Å². The Hall–Kier alpha value is -2.31. The lowest BCUT2D eigenvalue weighted by Gasteiger charge is -2.23. The monoisotopic (exact) mass is 423 g/mol. The first kappa shape index (κ1) is 22.0. The molecule has 0 unspecified atom stereocenters. The quantitative estimate of drug-likeness (QED) is 0.318. The number of carbonyl (C=O) groups excluding carboxylic acids is 1. The number of carbonyl (C=O) groups is 1. The second-order valence-electron chi connectivity index (χ2n) is 6.24. The van der Waals surface area contributed by atoms with Crippen LogP contribution in [0.25, 0.3) is 0 Å². The first-order valence-electron chi connectivity index (χ1n) is 9.03. The van der Waals surface area contributed by atoms with Crippen LogP contribution in [0.4, 0.5) is 17.1 Å². The molecule has 0 bridgehead atoms. The molecule has 0 radical (unpaired) electrons. The van der Waals surface area contributed by atoms with Gasteiger partial charge in [0.1, 0.15) is 0 Å². The number of halogens is 2. The van der Waals surface area contributed by atoms with Crippen molar-refractivity contribution in [3.63, 3.8) is 0 Å². The number of alkyl halides is 2. The molecule has 1 N–H and O–H groups in total. The smallest absolute Gasteiger partial charge is 0.269 e. The van der Waals surface area contributed by atoms with E-state index in [0.717, 1.165) is 30.8 Å². The number of rotatable bonds is 11. The average molecular weight is 424 g/mol. The van der Waals surface area contributed by atoms with Gasteiger partial charge in [-0.15, -0.1) is 23.2 Å². The summed E-state index contributed by atoms with van der Waals surface area (Å²) in [7, 11) is 0. The lowest BCUT2D eigenvalue weighted by Crippen LogP contribution is -2.27. The van der Waals surface area contributed by atoms with Gasteiger partial charge in [0, 0.05) is 54.8 Å². The Kier molecular flexibility index (Phi) is 9.04. The lowest BCUT2D eigenvalue weighted by atomic mass is 10.1. The molecule has 0 aliphatic rings. The highest BCUT2D eigenvalue weighted by molar-refractivity contribution is 6.18. The molecular formula is C20H23Cl2N3O3. The van der Waals surface area contributed by atoms with Gasteiger partial charge in [0.2, 0.25) is 5.91 Å².